The summed E-state index contributed by atoms with van der Waals surface area (Å²) in [5.41, 5.74) is 0. The maximum atomic E-state index is 12.9. The summed E-state index contributed by atoms with van der Waals surface area (Å²) in [7, 11) is 0. The van der Waals surface area contributed by atoms with Gasteiger partial charge in [0.2, 0.25) is 0 Å². The Balaban J connectivity index is 4.28. The van der Waals surface area contributed by atoms with E-state index in [0.717, 1.165) is 57.8 Å². The Morgan fingerprint density at radius 2 is 0.409 bits per heavy atom. The predicted octanol–water partition coefficient (Wildman–Crippen LogP) is 19.9. The molecule has 0 aromatic carbocycles. The molecule has 0 saturated carbocycles. The fraction of sp³-hybridized carbons (Fsp3) is 0.950. The summed E-state index contributed by atoms with van der Waals surface area (Å²) >= 11 is 0. The lowest BCUT2D eigenvalue weighted by molar-refractivity contribution is -0.167. The summed E-state index contributed by atoms with van der Waals surface area (Å²) in [6.45, 7) is 6.72. The average Bonchev–Trinajstić information content (AvgIpc) is 3.31. The molecule has 0 aliphatic carbocycles. The minimum atomic E-state index is -0.761. The largest absolute Gasteiger partial charge is 0.462 e. The standard InChI is InChI=1S/C60H116O6/c1-4-7-10-13-16-19-22-25-28-29-30-33-35-38-41-44-47-50-53-59(62)65-56-57(66-60(63)54-51-48-45-42-39-36-32-27-24-21-18-15-12-9-6-3)55-64-58(61)52-49-46-43-40-37-34-31-26-23-20-17-14-11-8-5-2/h57H,4-56H2,1-3H3. The normalized spacial score (nSPS) is 11.9. The molecule has 0 amide bonds. The second-order valence-corrected chi connectivity index (χ2v) is 20.6. The SMILES string of the molecule is CCCCCCCCCCCCCCCCCCCCC(=O)OCC(COC(=O)CCCCCCCCCCCCCCCCC)OC(=O)CCCCCCCCCCCCCCCCC. The van der Waals surface area contributed by atoms with E-state index < -0.39 is 6.10 Å². The molecule has 0 saturated heterocycles. The van der Waals surface area contributed by atoms with Crippen LogP contribution in [0.1, 0.15) is 348 Å². The molecule has 0 aliphatic heterocycles. The molecule has 0 aromatic rings. The number of hydrogen-bond donors (Lipinski definition) is 0. The minimum Gasteiger partial charge on any atom is -0.462 e. The molecule has 0 rings (SSSR count). The van der Waals surface area contributed by atoms with E-state index in [4.69, 9.17) is 14.2 Å². The van der Waals surface area contributed by atoms with Gasteiger partial charge in [-0.2, -0.15) is 0 Å². The van der Waals surface area contributed by atoms with Crippen LogP contribution in [-0.4, -0.2) is 37.2 Å². The van der Waals surface area contributed by atoms with Gasteiger partial charge in [-0.15, -0.1) is 0 Å². The Morgan fingerprint density at radius 3 is 0.606 bits per heavy atom. The number of rotatable bonds is 56. The molecule has 392 valence electrons. The predicted molar refractivity (Wildman–Crippen MR) is 284 cm³/mol. The molecular weight excluding hydrogens is 817 g/mol. The fourth-order valence-corrected chi connectivity index (χ4v) is 9.33. The van der Waals surface area contributed by atoms with Crippen molar-refractivity contribution in [2.24, 2.45) is 0 Å². The number of hydrogen-bond acceptors (Lipinski definition) is 6. The zero-order valence-corrected chi connectivity index (χ0v) is 45.0. The molecule has 0 aliphatic rings. The van der Waals surface area contributed by atoms with Gasteiger partial charge >= 0.3 is 17.9 Å². The summed E-state index contributed by atoms with van der Waals surface area (Å²) in [5, 5.41) is 0. The van der Waals surface area contributed by atoms with E-state index in [1.807, 2.05) is 0 Å². The number of ether oxygens (including phenoxy) is 3. The molecule has 0 N–H and O–H groups in total. The number of carbonyl (C=O) groups is 3. The summed E-state index contributed by atoms with van der Waals surface area (Å²) in [4.78, 5) is 38.2. The number of unbranched alkanes of at least 4 members (excludes halogenated alkanes) is 45. The van der Waals surface area contributed by atoms with E-state index in [2.05, 4.69) is 20.8 Å². The zero-order valence-electron chi connectivity index (χ0n) is 45.0. The molecule has 0 radical (unpaired) electrons. The first-order chi connectivity index (χ1) is 32.5. The third kappa shape index (κ3) is 53.4. The Bertz CT molecular complexity index is 982. The van der Waals surface area contributed by atoms with Crippen molar-refractivity contribution in [3.63, 3.8) is 0 Å². The molecule has 0 spiro atoms. The monoisotopic (exact) mass is 933 g/mol. The second kappa shape index (κ2) is 56.0. The van der Waals surface area contributed by atoms with Gasteiger partial charge < -0.3 is 14.2 Å². The van der Waals surface area contributed by atoms with Crippen molar-refractivity contribution in [2.45, 2.75) is 354 Å². The molecule has 0 bridgehead atoms. The molecule has 0 aromatic heterocycles. The lowest BCUT2D eigenvalue weighted by Crippen LogP contribution is -2.30. The summed E-state index contributed by atoms with van der Waals surface area (Å²) in [5.74, 6) is -0.829. The van der Waals surface area contributed by atoms with Gasteiger partial charge in [0.15, 0.2) is 6.10 Å². The first-order valence-electron chi connectivity index (χ1n) is 30.0. The van der Waals surface area contributed by atoms with Crippen LogP contribution in [-0.2, 0) is 28.6 Å². The van der Waals surface area contributed by atoms with Crippen molar-refractivity contribution < 1.29 is 28.6 Å². The lowest BCUT2D eigenvalue weighted by atomic mass is 10.0. The molecular formula is C60H116O6. The van der Waals surface area contributed by atoms with Crippen LogP contribution >= 0.6 is 0 Å². The Hall–Kier alpha value is -1.59. The van der Waals surface area contributed by atoms with Crippen LogP contribution in [0.5, 0.6) is 0 Å². The Morgan fingerprint density at radius 1 is 0.242 bits per heavy atom. The molecule has 0 heterocycles. The van der Waals surface area contributed by atoms with Crippen molar-refractivity contribution in [1.82, 2.24) is 0 Å². The van der Waals surface area contributed by atoms with E-state index >= 15 is 0 Å². The number of esters is 3. The summed E-state index contributed by atoms with van der Waals surface area (Å²) < 4.78 is 16.9. The summed E-state index contributed by atoms with van der Waals surface area (Å²) in [6, 6.07) is 0. The van der Waals surface area contributed by atoms with Gasteiger partial charge in [-0.05, 0) is 19.3 Å². The van der Waals surface area contributed by atoms with Crippen LogP contribution in [0.3, 0.4) is 0 Å². The van der Waals surface area contributed by atoms with Crippen LogP contribution in [0.2, 0.25) is 0 Å². The van der Waals surface area contributed by atoms with Crippen molar-refractivity contribution in [3.05, 3.63) is 0 Å². The fourth-order valence-electron chi connectivity index (χ4n) is 9.33. The van der Waals surface area contributed by atoms with Gasteiger partial charge in [-0.25, -0.2) is 0 Å². The van der Waals surface area contributed by atoms with Crippen molar-refractivity contribution in [1.29, 1.82) is 0 Å². The molecule has 6 nitrogen and oxygen atoms in total. The van der Waals surface area contributed by atoms with Gasteiger partial charge in [0.05, 0.1) is 0 Å². The second-order valence-electron chi connectivity index (χ2n) is 20.6. The third-order valence-electron chi connectivity index (χ3n) is 13.9. The van der Waals surface area contributed by atoms with Crippen molar-refractivity contribution >= 4 is 17.9 Å². The number of carbonyl (C=O) groups excluding carboxylic acids is 3. The van der Waals surface area contributed by atoms with Crippen LogP contribution < -0.4 is 0 Å². The van der Waals surface area contributed by atoms with Gasteiger partial charge in [0.25, 0.3) is 0 Å². The van der Waals surface area contributed by atoms with Gasteiger partial charge in [-0.1, -0.05) is 310 Å². The molecule has 1 atom stereocenters. The quantitative estimate of drug-likeness (QED) is 0.0343. The highest BCUT2D eigenvalue weighted by Crippen LogP contribution is 2.18. The van der Waals surface area contributed by atoms with Gasteiger partial charge in [-0.3, -0.25) is 14.4 Å². The van der Waals surface area contributed by atoms with Gasteiger partial charge in [0, 0.05) is 19.3 Å². The van der Waals surface area contributed by atoms with Crippen molar-refractivity contribution in [3.8, 4) is 0 Å². The van der Waals surface area contributed by atoms with E-state index in [0.29, 0.717) is 19.3 Å². The van der Waals surface area contributed by atoms with Crippen LogP contribution in [0.4, 0.5) is 0 Å². The topological polar surface area (TPSA) is 78.9 Å². The Labute approximate surface area is 412 Å². The van der Waals surface area contributed by atoms with Crippen molar-refractivity contribution in [2.75, 3.05) is 13.2 Å². The molecule has 0 fully saturated rings. The highest BCUT2D eigenvalue weighted by Gasteiger charge is 2.19. The van der Waals surface area contributed by atoms with E-state index in [1.54, 1.807) is 0 Å². The summed E-state index contributed by atoms with van der Waals surface area (Å²) in [6.07, 6.45) is 62.3. The first-order valence-corrected chi connectivity index (χ1v) is 30.0. The smallest absolute Gasteiger partial charge is 0.306 e. The van der Waals surface area contributed by atoms with Crippen LogP contribution in [0, 0.1) is 0 Å². The van der Waals surface area contributed by atoms with Crippen LogP contribution in [0.25, 0.3) is 0 Å². The Kier molecular flexibility index (Phi) is 54.7. The highest BCUT2D eigenvalue weighted by molar-refractivity contribution is 5.71. The zero-order chi connectivity index (χ0) is 47.9. The van der Waals surface area contributed by atoms with Gasteiger partial charge in [0.1, 0.15) is 13.2 Å². The highest BCUT2D eigenvalue weighted by atomic mass is 16.6. The van der Waals surface area contributed by atoms with E-state index in [-0.39, 0.29) is 31.1 Å². The average molecular weight is 934 g/mol. The minimum absolute atomic E-state index is 0.0608. The third-order valence-corrected chi connectivity index (χ3v) is 13.9. The molecule has 6 heteroatoms. The van der Waals surface area contributed by atoms with Crippen LogP contribution in [0.15, 0.2) is 0 Å². The van der Waals surface area contributed by atoms with E-state index in [9.17, 15) is 14.4 Å². The molecule has 66 heavy (non-hydrogen) atoms. The van der Waals surface area contributed by atoms with E-state index in [1.165, 1.54) is 250 Å². The molecule has 1 unspecified atom stereocenters. The maximum absolute atomic E-state index is 12.9. The first kappa shape index (κ1) is 64.4. The lowest BCUT2D eigenvalue weighted by Gasteiger charge is -2.18. The maximum Gasteiger partial charge on any atom is 0.306 e.